The predicted octanol–water partition coefficient (Wildman–Crippen LogP) is 3.28. The second-order valence-corrected chi connectivity index (χ2v) is 5.23. The maximum Gasteiger partial charge on any atom is 0.247 e. The van der Waals surface area contributed by atoms with Crippen LogP contribution in [0.15, 0.2) is 53.6 Å². The molecule has 0 atom stereocenters. The Hall–Kier alpha value is -3.15. The summed E-state index contributed by atoms with van der Waals surface area (Å²) in [5, 5.41) is 3.18. The van der Waals surface area contributed by atoms with Crippen molar-refractivity contribution in [1.29, 1.82) is 0 Å². The SMILES string of the molecule is CCOc1cc(-c2ccc(=O)[nH]c2)cnc1Nc1cccc(C)n1. The van der Waals surface area contributed by atoms with E-state index in [4.69, 9.17) is 4.74 Å². The molecule has 0 bridgehead atoms. The van der Waals surface area contributed by atoms with E-state index < -0.39 is 0 Å². The van der Waals surface area contributed by atoms with E-state index in [1.807, 2.05) is 38.1 Å². The molecule has 0 aliphatic rings. The minimum absolute atomic E-state index is 0.138. The van der Waals surface area contributed by atoms with Gasteiger partial charge in [0, 0.05) is 29.7 Å². The van der Waals surface area contributed by atoms with Crippen molar-refractivity contribution < 1.29 is 4.74 Å². The molecular formula is C18H18N4O2. The third-order valence-corrected chi connectivity index (χ3v) is 3.40. The number of nitrogens with zero attached hydrogens (tertiary/aromatic N) is 2. The molecule has 3 heterocycles. The van der Waals surface area contributed by atoms with E-state index in [-0.39, 0.29) is 5.56 Å². The Balaban J connectivity index is 1.95. The molecule has 6 heteroatoms. The van der Waals surface area contributed by atoms with E-state index >= 15 is 0 Å². The van der Waals surface area contributed by atoms with Crippen LogP contribution in [0, 0.1) is 6.92 Å². The molecule has 0 saturated carbocycles. The van der Waals surface area contributed by atoms with E-state index in [1.165, 1.54) is 6.07 Å². The van der Waals surface area contributed by atoms with Crippen LogP contribution in [0.3, 0.4) is 0 Å². The lowest BCUT2D eigenvalue weighted by atomic mass is 10.1. The number of rotatable bonds is 5. The third-order valence-electron chi connectivity index (χ3n) is 3.40. The molecule has 0 unspecified atom stereocenters. The highest BCUT2D eigenvalue weighted by molar-refractivity contribution is 5.69. The number of anilines is 2. The molecule has 0 fully saturated rings. The second-order valence-electron chi connectivity index (χ2n) is 5.23. The molecule has 0 spiro atoms. The summed E-state index contributed by atoms with van der Waals surface area (Å²) in [5.41, 5.74) is 2.50. The van der Waals surface area contributed by atoms with Crippen molar-refractivity contribution >= 4 is 11.6 Å². The van der Waals surface area contributed by atoms with Crippen LogP contribution >= 0.6 is 0 Å². The van der Waals surface area contributed by atoms with Crippen LogP contribution in [0.5, 0.6) is 5.75 Å². The maximum atomic E-state index is 11.2. The Kier molecular flexibility index (Phi) is 4.56. The van der Waals surface area contributed by atoms with Crippen molar-refractivity contribution in [2.75, 3.05) is 11.9 Å². The van der Waals surface area contributed by atoms with Gasteiger partial charge >= 0.3 is 0 Å². The van der Waals surface area contributed by atoms with Crippen LogP contribution in [0.1, 0.15) is 12.6 Å². The molecule has 24 heavy (non-hydrogen) atoms. The molecule has 0 saturated heterocycles. The largest absolute Gasteiger partial charge is 0.490 e. The highest BCUT2D eigenvalue weighted by Gasteiger charge is 2.09. The van der Waals surface area contributed by atoms with Gasteiger partial charge in [-0.2, -0.15) is 0 Å². The Morgan fingerprint density at radius 3 is 2.79 bits per heavy atom. The fourth-order valence-electron chi connectivity index (χ4n) is 2.29. The van der Waals surface area contributed by atoms with Gasteiger partial charge in [0.1, 0.15) is 5.82 Å². The number of hydrogen-bond donors (Lipinski definition) is 2. The fraction of sp³-hybridized carbons (Fsp3) is 0.167. The first-order valence-electron chi connectivity index (χ1n) is 7.68. The van der Waals surface area contributed by atoms with Crippen molar-refractivity contribution in [2.24, 2.45) is 0 Å². The lowest BCUT2D eigenvalue weighted by Gasteiger charge is -2.13. The van der Waals surface area contributed by atoms with Crippen molar-refractivity contribution in [3.8, 4) is 16.9 Å². The summed E-state index contributed by atoms with van der Waals surface area (Å²) in [7, 11) is 0. The summed E-state index contributed by atoms with van der Waals surface area (Å²) < 4.78 is 5.70. The van der Waals surface area contributed by atoms with Gasteiger partial charge in [0.2, 0.25) is 5.56 Å². The number of pyridine rings is 3. The quantitative estimate of drug-likeness (QED) is 0.753. The standard InChI is InChI=1S/C18H18N4O2/c1-3-24-15-9-14(13-7-8-17(23)19-10-13)11-20-18(15)22-16-6-4-5-12(2)21-16/h4-11H,3H2,1-2H3,(H,19,23)(H,20,21,22). The maximum absolute atomic E-state index is 11.2. The zero-order chi connectivity index (χ0) is 16.9. The first-order valence-corrected chi connectivity index (χ1v) is 7.68. The Labute approximate surface area is 139 Å². The lowest BCUT2D eigenvalue weighted by Crippen LogP contribution is -2.03. The van der Waals surface area contributed by atoms with Crippen molar-refractivity contribution in [3.63, 3.8) is 0 Å². The first-order chi connectivity index (χ1) is 11.7. The van der Waals surface area contributed by atoms with E-state index in [0.717, 1.165) is 16.8 Å². The third kappa shape index (κ3) is 3.60. The van der Waals surface area contributed by atoms with Crippen LogP contribution in [0.25, 0.3) is 11.1 Å². The van der Waals surface area contributed by atoms with Crippen molar-refractivity contribution in [2.45, 2.75) is 13.8 Å². The average Bonchev–Trinajstić information content (AvgIpc) is 2.57. The van der Waals surface area contributed by atoms with E-state index in [9.17, 15) is 4.79 Å². The van der Waals surface area contributed by atoms with E-state index in [0.29, 0.717) is 24.0 Å². The highest BCUT2D eigenvalue weighted by atomic mass is 16.5. The normalized spacial score (nSPS) is 10.4. The van der Waals surface area contributed by atoms with Crippen molar-refractivity contribution in [1.82, 2.24) is 15.0 Å². The van der Waals surface area contributed by atoms with Crippen LogP contribution in [0.2, 0.25) is 0 Å². The highest BCUT2D eigenvalue weighted by Crippen LogP contribution is 2.29. The van der Waals surface area contributed by atoms with Gasteiger partial charge in [-0.25, -0.2) is 9.97 Å². The van der Waals surface area contributed by atoms with Gasteiger partial charge in [-0.1, -0.05) is 6.07 Å². The number of hydrogen-bond acceptors (Lipinski definition) is 5. The zero-order valence-electron chi connectivity index (χ0n) is 13.5. The molecule has 6 nitrogen and oxygen atoms in total. The summed E-state index contributed by atoms with van der Waals surface area (Å²) in [5.74, 6) is 1.94. The van der Waals surface area contributed by atoms with Crippen LogP contribution in [-0.2, 0) is 0 Å². The molecular weight excluding hydrogens is 304 g/mol. The minimum Gasteiger partial charge on any atom is -0.490 e. The molecule has 0 aliphatic heterocycles. The number of nitrogens with one attached hydrogen (secondary N) is 2. The van der Waals surface area contributed by atoms with Gasteiger partial charge in [-0.3, -0.25) is 4.79 Å². The molecule has 3 rings (SSSR count). The molecule has 0 aromatic carbocycles. The summed E-state index contributed by atoms with van der Waals surface area (Å²) in [6.45, 7) is 4.37. The molecule has 3 aromatic rings. The Morgan fingerprint density at radius 1 is 1.21 bits per heavy atom. The summed E-state index contributed by atoms with van der Waals surface area (Å²) >= 11 is 0. The number of H-pyrrole nitrogens is 1. The predicted molar refractivity (Wildman–Crippen MR) is 93.7 cm³/mol. The van der Waals surface area contributed by atoms with Gasteiger partial charge in [0.05, 0.1) is 6.61 Å². The van der Waals surface area contributed by atoms with Crippen LogP contribution < -0.4 is 15.6 Å². The Morgan fingerprint density at radius 2 is 2.08 bits per heavy atom. The number of aromatic amines is 1. The summed E-state index contributed by atoms with van der Waals surface area (Å²) in [4.78, 5) is 22.7. The topological polar surface area (TPSA) is 79.9 Å². The summed E-state index contributed by atoms with van der Waals surface area (Å²) in [6, 6.07) is 10.9. The lowest BCUT2D eigenvalue weighted by molar-refractivity contribution is 0.341. The molecule has 0 radical (unpaired) electrons. The first kappa shape index (κ1) is 15.7. The molecule has 0 aliphatic carbocycles. The van der Waals surface area contributed by atoms with Gasteiger partial charge in [-0.05, 0) is 43.7 Å². The number of aromatic nitrogens is 3. The van der Waals surface area contributed by atoms with Crippen molar-refractivity contribution in [3.05, 3.63) is 64.8 Å². The molecule has 0 amide bonds. The fourth-order valence-corrected chi connectivity index (χ4v) is 2.29. The molecule has 3 aromatic heterocycles. The van der Waals surface area contributed by atoms with Crippen LogP contribution in [-0.4, -0.2) is 21.6 Å². The van der Waals surface area contributed by atoms with Gasteiger partial charge in [0.25, 0.3) is 0 Å². The molecule has 2 N–H and O–H groups in total. The van der Waals surface area contributed by atoms with Gasteiger partial charge < -0.3 is 15.0 Å². The zero-order valence-corrected chi connectivity index (χ0v) is 13.5. The summed E-state index contributed by atoms with van der Waals surface area (Å²) in [6.07, 6.45) is 3.39. The number of ether oxygens (including phenoxy) is 1. The van der Waals surface area contributed by atoms with Crippen LogP contribution in [0.4, 0.5) is 11.6 Å². The second kappa shape index (κ2) is 6.95. The smallest absolute Gasteiger partial charge is 0.247 e. The monoisotopic (exact) mass is 322 g/mol. The van der Waals surface area contributed by atoms with E-state index in [2.05, 4.69) is 20.3 Å². The van der Waals surface area contributed by atoms with Gasteiger partial charge in [0.15, 0.2) is 11.6 Å². The number of aryl methyl sites for hydroxylation is 1. The van der Waals surface area contributed by atoms with Gasteiger partial charge in [-0.15, -0.1) is 0 Å². The molecule has 122 valence electrons. The minimum atomic E-state index is -0.138. The van der Waals surface area contributed by atoms with E-state index in [1.54, 1.807) is 18.5 Å². The average molecular weight is 322 g/mol. The Bertz CT molecular complexity index is 885.